The summed E-state index contributed by atoms with van der Waals surface area (Å²) in [5.41, 5.74) is 4.73. The van der Waals surface area contributed by atoms with Crippen molar-refractivity contribution in [1.29, 1.82) is 0 Å². The van der Waals surface area contributed by atoms with Crippen molar-refractivity contribution >= 4 is 23.1 Å². The molecule has 1 atom stereocenters. The van der Waals surface area contributed by atoms with E-state index in [2.05, 4.69) is 5.16 Å². The van der Waals surface area contributed by atoms with E-state index in [4.69, 9.17) is 10.9 Å². The Kier molecular flexibility index (Phi) is 5.35. The minimum absolute atomic E-state index is 0.0374. The largest absolute Gasteiger partial charge is 0.409 e. The molecule has 3 N–H and O–H groups in total. The van der Waals surface area contributed by atoms with Gasteiger partial charge in [-0.2, -0.15) is 0 Å². The van der Waals surface area contributed by atoms with Crippen LogP contribution < -0.4 is 5.73 Å². The fourth-order valence-electron chi connectivity index (χ4n) is 1.82. The minimum atomic E-state index is -0.956. The zero-order chi connectivity index (χ0) is 14.5. The van der Waals surface area contributed by atoms with Crippen LogP contribution in [-0.4, -0.2) is 28.4 Å². The molecule has 1 rings (SSSR count). The zero-order valence-electron chi connectivity index (χ0n) is 11.6. The molecule has 6 heteroatoms. The van der Waals surface area contributed by atoms with Crippen LogP contribution in [0.5, 0.6) is 0 Å². The fourth-order valence-corrected chi connectivity index (χ4v) is 2.54. The molecule has 0 aliphatic rings. The van der Waals surface area contributed by atoms with E-state index in [1.54, 1.807) is 23.2 Å². The quantitative estimate of drug-likeness (QED) is 0.364. The second-order valence-corrected chi connectivity index (χ2v) is 5.60. The van der Waals surface area contributed by atoms with Crippen molar-refractivity contribution in [3.63, 3.8) is 0 Å². The highest BCUT2D eigenvalue weighted by molar-refractivity contribution is 7.09. The first-order valence-electron chi connectivity index (χ1n) is 6.29. The van der Waals surface area contributed by atoms with Crippen molar-refractivity contribution in [1.82, 2.24) is 4.90 Å². The van der Waals surface area contributed by atoms with Crippen LogP contribution in [0.1, 0.15) is 32.1 Å². The summed E-state index contributed by atoms with van der Waals surface area (Å²) in [5.74, 6) is -0.147. The molecule has 5 nitrogen and oxygen atoms in total. The molecule has 19 heavy (non-hydrogen) atoms. The standard InChI is InChI=1S/C13H21N3O2S/c1-4-13(3,11(14)15-18)12(17)16(5-2)9-10-7-6-8-19-10/h6-8,18H,4-5,9H2,1-3H3,(H2,14,15). The van der Waals surface area contributed by atoms with Gasteiger partial charge >= 0.3 is 0 Å². The summed E-state index contributed by atoms with van der Waals surface area (Å²) in [6.07, 6.45) is 0.489. The number of amides is 1. The molecule has 0 bridgehead atoms. The van der Waals surface area contributed by atoms with E-state index in [0.29, 0.717) is 19.5 Å². The molecule has 0 fully saturated rings. The number of amidine groups is 1. The maximum absolute atomic E-state index is 12.6. The summed E-state index contributed by atoms with van der Waals surface area (Å²) in [5, 5.41) is 13.9. The number of rotatable bonds is 6. The maximum Gasteiger partial charge on any atom is 0.236 e. The van der Waals surface area contributed by atoms with Crippen molar-refractivity contribution in [2.45, 2.75) is 33.7 Å². The number of nitrogens with zero attached hydrogens (tertiary/aromatic N) is 2. The topological polar surface area (TPSA) is 78.9 Å². The van der Waals surface area contributed by atoms with Crippen molar-refractivity contribution in [2.75, 3.05) is 6.54 Å². The van der Waals surface area contributed by atoms with Crippen LogP contribution in [0.4, 0.5) is 0 Å². The lowest BCUT2D eigenvalue weighted by Crippen LogP contribution is -2.49. The average Bonchev–Trinajstić information content (AvgIpc) is 2.95. The first-order valence-corrected chi connectivity index (χ1v) is 7.17. The van der Waals surface area contributed by atoms with Crippen molar-refractivity contribution in [3.8, 4) is 0 Å². The lowest BCUT2D eigenvalue weighted by atomic mass is 9.84. The number of hydrogen-bond donors (Lipinski definition) is 2. The lowest BCUT2D eigenvalue weighted by molar-refractivity contribution is -0.138. The first kappa shape index (κ1) is 15.5. The highest BCUT2D eigenvalue weighted by Gasteiger charge is 2.39. The summed E-state index contributed by atoms with van der Waals surface area (Å²) in [7, 11) is 0. The third-order valence-corrected chi connectivity index (χ3v) is 4.31. The van der Waals surface area contributed by atoms with Gasteiger partial charge in [0.1, 0.15) is 5.41 Å². The molecule has 0 aromatic carbocycles. The van der Waals surface area contributed by atoms with Gasteiger partial charge in [-0.3, -0.25) is 4.79 Å². The Hall–Kier alpha value is -1.56. The Bertz CT molecular complexity index is 445. The number of oxime groups is 1. The molecular weight excluding hydrogens is 262 g/mol. The van der Waals surface area contributed by atoms with Gasteiger partial charge in [-0.1, -0.05) is 18.1 Å². The van der Waals surface area contributed by atoms with Crippen LogP contribution in [0.25, 0.3) is 0 Å². The molecule has 1 aromatic heterocycles. The van der Waals surface area contributed by atoms with Gasteiger partial charge in [0.2, 0.25) is 5.91 Å². The van der Waals surface area contributed by atoms with Crippen LogP contribution >= 0.6 is 11.3 Å². The smallest absolute Gasteiger partial charge is 0.236 e. The Balaban J connectivity index is 2.94. The Labute approximate surface area is 117 Å². The monoisotopic (exact) mass is 283 g/mol. The van der Waals surface area contributed by atoms with E-state index in [1.807, 2.05) is 31.4 Å². The fraction of sp³-hybridized carbons (Fsp3) is 0.538. The molecule has 1 aromatic rings. The number of carbonyl (C=O) groups is 1. The van der Waals surface area contributed by atoms with Crippen molar-refractivity contribution < 1.29 is 10.0 Å². The van der Waals surface area contributed by atoms with Gasteiger partial charge < -0.3 is 15.8 Å². The van der Waals surface area contributed by atoms with Gasteiger partial charge in [0.15, 0.2) is 5.84 Å². The van der Waals surface area contributed by atoms with Gasteiger partial charge in [0.05, 0.1) is 6.54 Å². The van der Waals surface area contributed by atoms with E-state index >= 15 is 0 Å². The Morgan fingerprint density at radius 2 is 2.26 bits per heavy atom. The van der Waals surface area contributed by atoms with Crippen LogP contribution in [0.3, 0.4) is 0 Å². The molecule has 1 amide bonds. The summed E-state index contributed by atoms with van der Waals surface area (Å²) >= 11 is 1.61. The van der Waals surface area contributed by atoms with Crippen LogP contribution in [0, 0.1) is 5.41 Å². The second kappa shape index (κ2) is 6.56. The highest BCUT2D eigenvalue weighted by Crippen LogP contribution is 2.26. The molecule has 0 aliphatic carbocycles. The molecule has 0 saturated heterocycles. The molecule has 0 saturated carbocycles. The summed E-state index contributed by atoms with van der Waals surface area (Å²) in [6, 6.07) is 3.95. The lowest BCUT2D eigenvalue weighted by Gasteiger charge is -2.32. The van der Waals surface area contributed by atoms with E-state index in [9.17, 15) is 4.79 Å². The molecule has 0 radical (unpaired) electrons. The number of thiophene rings is 1. The number of carbonyl (C=O) groups excluding carboxylic acids is 1. The number of nitrogens with two attached hydrogens (primary N) is 1. The van der Waals surface area contributed by atoms with E-state index in [0.717, 1.165) is 4.88 Å². The van der Waals surface area contributed by atoms with Gasteiger partial charge in [-0.25, -0.2) is 0 Å². The number of hydrogen-bond acceptors (Lipinski definition) is 4. The Morgan fingerprint density at radius 1 is 1.58 bits per heavy atom. The predicted octanol–water partition coefficient (Wildman–Crippen LogP) is 2.26. The van der Waals surface area contributed by atoms with Gasteiger partial charge in [0, 0.05) is 11.4 Å². The van der Waals surface area contributed by atoms with Gasteiger partial charge in [-0.05, 0) is 31.7 Å². The first-order chi connectivity index (χ1) is 8.99. The van der Waals surface area contributed by atoms with Crippen LogP contribution in [-0.2, 0) is 11.3 Å². The van der Waals surface area contributed by atoms with Crippen molar-refractivity contribution in [3.05, 3.63) is 22.4 Å². The van der Waals surface area contributed by atoms with Gasteiger partial charge in [-0.15, -0.1) is 11.3 Å². The molecular formula is C13H21N3O2S. The third kappa shape index (κ3) is 3.26. The van der Waals surface area contributed by atoms with E-state index in [1.165, 1.54) is 0 Å². The summed E-state index contributed by atoms with van der Waals surface area (Å²) in [6.45, 7) is 6.64. The summed E-state index contributed by atoms with van der Waals surface area (Å²) < 4.78 is 0. The zero-order valence-corrected chi connectivity index (χ0v) is 12.4. The minimum Gasteiger partial charge on any atom is -0.409 e. The predicted molar refractivity (Wildman–Crippen MR) is 77.2 cm³/mol. The van der Waals surface area contributed by atoms with Crippen LogP contribution in [0.15, 0.2) is 22.7 Å². The Morgan fingerprint density at radius 3 is 2.68 bits per heavy atom. The van der Waals surface area contributed by atoms with Gasteiger partial charge in [0.25, 0.3) is 0 Å². The molecule has 1 unspecified atom stereocenters. The molecule has 0 aliphatic heterocycles. The van der Waals surface area contributed by atoms with Crippen LogP contribution in [0.2, 0.25) is 0 Å². The summed E-state index contributed by atoms with van der Waals surface area (Å²) in [4.78, 5) is 15.5. The SMILES string of the molecule is CCN(Cc1cccs1)C(=O)C(C)(CC)/C(N)=N/O. The average molecular weight is 283 g/mol. The molecule has 106 valence electrons. The maximum atomic E-state index is 12.6. The normalized spacial score (nSPS) is 15.0. The molecule has 0 spiro atoms. The molecule has 1 heterocycles. The third-order valence-electron chi connectivity index (χ3n) is 3.45. The highest BCUT2D eigenvalue weighted by atomic mass is 32.1. The second-order valence-electron chi connectivity index (χ2n) is 4.57. The van der Waals surface area contributed by atoms with E-state index in [-0.39, 0.29) is 11.7 Å². The van der Waals surface area contributed by atoms with E-state index < -0.39 is 5.41 Å². The van der Waals surface area contributed by atoms with Crippen molar-refractivity contribution in [2.24, 2.45) is 16.3 Å².